The molecule has 0 fully saturated rings. The van der Waals surface area contributed by atoms with Crippen LogP contribution >= 0.6 is 0 Å². The number of hydrogen-bond acceptors (Lipinski definition) is 3. The van der Waals surface area contributed by atoms with Gasteiger partial charge < -0.3 is 15.2 Å². The highest BCUT2D eigenvalue weighted by Crippen LogP contribution is 2.19. The van der Waals surface area contributed by atoms with Crippen molar-refractivity contribution < 1.29 is 9.59 Å². The van der Waals surface area contributed by atoms with Crippen LogP contribution < -0.4 is 10.6 Å². The van der Waals surface area contributed by atoms with E-state index in [1.165, 1.54) is 0 Å². The van der Waals surface area contributed by atoms with E-state index in [9.17, 15) is 9.59 Å². The van der Waals surface area contributed by atoms with Crippen LogP contribution in [0, 0.1) is 13.8 Å². The van der Waals surface area contributed by atoms with Crippen LogP contribution in [0.25, 0.3) is 11.0 Å². The Morgan fingerprint density at radius 1 is 1.07 bits per heavy atom. The van der Waals surface area contributed by atoms with Gasteiger partial charge in [-0.05, 0) is 43.2 Å². The van der Waals surface area contributed by atoms with Gasteiger partial charge in [-0.2, -0.15) is 0 Å². The van der Waals surface area contributed by atoms with Gasteiger partial charge >= 0.3 is 0 Å². The van der Waals surface area contributed by atoms with Gasteiger partial charge in [0, 0.05) is 12.1 Å². The number of hydrogen-bond donors (Lipinski definition) is 2. The second kappa shape index (κ2) is 8.03. The number of carbonyl (C=O) groups is 2. The van der Waals surface area contributed by atoms with Crippen LogP contribution in [0.4, 0.5) is 5.69 Å². The summed E-state index contributed by atoms with van der Waals surface area (Å²) in [6.45, 7) is 6.18. The number of amides is 2. The Kier molecular flexibility index (Phi) is 5.54. The molecule has 0 atom stereocenters. The highest BCUT2D eigenvalue weighted by Gasteiger charge is 2.15. The van der Waals surface area contributed by atoms with E-state index in [4.69, 9.17) is 0 Å². The quantitative estimate of drug-likeness (QED) is 0.704. The Morgan fingerprint density at radius 2 is 1.85 bits per heavy atom. The zero-order valence-corrected chi connectivity index (χ0v) is 15.9. The fourth-order valence-corrected chi connectivity index (χ4v) is 2.94. The largest absolute Gasteiger partial charge is 0.349 e. The zero-order valence-electron chi connectivity index (χ0n) is 15.9. The average molecular weight is 364 g/mol. The first kappa shape index (κ1) is 18.6. The first-order valence-corrected chi connectivity index (χ1v) is 9.06. The molecule has 3 aromatic rings. The normalized spacial score (nSPS) is 10.8. The number of imidazole rings is 1. The van der Waals surface area contributed by atoms with Crippen molar-refractivity contribution >= 4 is 28.5 Å². The molecule has 2 aromatic carbocycles. The summed E-state index contributed by atoms with van der Waals surface area (Å²) in [5, 5.41) is 5.82. The first-order valence-electron chi connectivity index (χ1n) is 9.06. The summed E-state index contributed by atoms with van der Waals surface area (Å²) in [5.74, 6) is 0.484. The Hall–Kier alpha value is -3.15. The smallest absolute Gasteiger partial charge is 0.244 e. The summed E-state index contributed by atoms with van der Waals surface area (Å²) in [6, 6.07) is 13.6. The number of fused-ring (bicyclic) bond motifs is 1. The predicted octanol–water partition coefficient (Wildman–Crippen LogP) is 3.32. The molecule has 0 unspecified atom stereocenters. The number of benzene rings is 2. The highest BCUT2D eigenvalue weighted by molar-refractivity contribution is 5.92. The second-order valence-electron chi connectivity index (χ2n) is 6.60. The van der Waals surface area contributed by atoms with Crippen LogP contribution in [0.3, 0.4) is 0 Å². The summed E-state index contributed by atoms with van der Waals surface area (Å²) >= 11 is 0. The maximum atomic E-state index is 12.7. The molecule has 0 radical (unpaired) electrons. The number of rotatable bonds is 6. The topological polar surface area (TPSA) is 76.0 Å². The van der Waals surface area contributed by atoms with E-state index in [-0.39, 0.29) is 24.9 Å². The minimum absolute atomic E-state index is 0.0477. The summed E-state index contributed by atoms with van der Waals surface area (Å²) in [6.07, 6.45) is 0.410. The van der Waals surface area contributed by atoms with Crippen molar-refractivity contribution in [3.8, 4) is 0 Å². The van der Waals surface area contributed by atoms with Crippen molar-refractivity contribution in [2.24, 2.45) is 0 Å². The number of aryl methyl sites for hydroxylation is 2. The highest BCUT2D eigenvalue weighted by atomic mass is 16.2. The van der Waals surface area contributed by atoms with Crippen molar-refractivity contribution in [2.75, 3.05) is 5.32 Å². The van der Waals surface area contributed by atoms with E-state index >= 15 is 0 Å². The molecule has 6 heteroatoms. The zero-order chi connectivity index (χ0) is 19.4. The van der Waals surface area contributed by atoms with Gasteiger partial charge in [-0.25, -0.2) is 4.98 Å². The van der Waals surface area contributed by atoms with E-state index in [1.807, 2.05) is 60.9 Å². The van der Waals surface area contributed by atoms with Crippen molar-refractivity contribution in [3.05, 3.63) is 59.4 Å². The molecule has 3 rings (SSSR count). The van der Waals surface area contributed by atoms with Crippen molar-refractivity contribution in [3.63, 3.8) is 0 Å². The maximum absolute atomic E-state index is 12.7. The third-order valence-corrected chi connectivity index (χ3v) is 4.47. The van der Waals surface area contributed by atoms with Crippen LogP contribution in [0.5, 0.6) is 0 Å². The Morgan fingerprint density at radius 3 is 2.63 bits per heavy atom. The maximum Gasteiger partial charge on any atom is 0.244 e. The standard InChI is InChI=1S/C21H24N4O2/c1-4-20(26)22-12-19-23-16-7-5-6-8-18(16)25(19)13-21(27)24-17-11-14(2)9-10-15(17)3/h5-11H,4,12-13H2,1-3H3,(H,22,26)(H,24,27). The summed E-state index contributed by atoms with van der Waals surface area (Å²) in [7, 11) is 0. The van der Waals surface area contributed by atoms with Crippen molar-refractivity contribution in [1.82, 2.24) is 14.9 Å². The molecule has 2 N–H and O–H groups in total. The number of aromatic nitrogens is 2. The lowest BCUT2D eigenvalue weighted by atomic mass is 10.1. The number of nitrogens with zero attached hydrogens (tertiary/aromatic N) is 2. The van der Waals surface area contributed by atoms with Crippen molar-refractivity contribution in [1.29, 1.82) is 0 Å². The molecule has 27 heavy (non-hydrogen) atoms. The molecule has 6 nitrogen and oxygen atoms in total. The van der Waals surface area contributed by atoms with Gasteiger partial charge in [0.25, 0.3) is 0 Å². The molecule has 0 bridgehead atoms. The number of carbonyl (C=O) groups excluding carboxylic acids is 2. The molecule has 0 spiro atoms. The Balaban J connectivity index is 1.85. The summed E-state index contributed by atoms with van der Waals surface area (Å²) in [5.41, 5.74) is 4.59. The average Bonchev–Trinajstić information content (AvgIpc) is 3.00. The summed E-state index contributed by atoms with van der Waals surface area (Å²) < 4.78 is 1.85. The van der Waals surface area contributed by atoms with E-state index < -0.39 is 0 Å². The second-order valence-corrected chi connectivity index (χ2v) is 6.60. The van der Waals surface area contributed by atoms with Crippen molar-refractivity contribution in [2.45, 2.75) is 40.3 Å². The monoisotopic (exact) mass is 364 g/mol. The first-order chi connectivity index (χ1) is 13.0. The van der Waals surface area contributed by atoms with Crippen LogP contribution in [-0.4, -0.2) is 21.4 Å². The minimum atomic E-state index is -0.130. The van der Waals surface area contributed by atoms with Gasteiger partial charge in [0.05, 0.1) is 17.6 Å². The van der Waals surface area contributed by atoms with Crippen LogP contribution in [0.1, 0.15) is 30.3 Å². The molecule has 1 heterocycles. The predicted molar refractivity (Wildman–Crippen MR) is 106 cm³/mol. The van der Waals surface area contributed by atoms with Gasteiger partial charge in [0.1, 0.15) is 12.4 Å². The van der Waals surface area contributed by atoms with Gasteiger partial charge in [-0.1, -0.05) is 31.2 Å². The molecule has 0 saturated carbocycles. The fourth-order valence-electron chi connectivity index (χ4n) is 2.94. The third-order valence-electron chi connectivity index (χ3n) is 4.47. The van der Waals surface area contributed by atoms with Gasteiger partial charge in [-0.3, -0.25) is 9.59 Å². The SMILES string of the molecule is CCC(=O)NCc1nc2ccccc2n1CC(=O)Nc1cc(C)ccc1C. The molecule has 1 aromatic heterocycles. The van der Waals surface area contributed by atoms with Crippen LogP contribution in [0.15, 0.2) is 42.5 Å². The molecule has 0 aliphatic heterocycles. The van der Waals surface area contributed by atoms with E-state index in [1.54, 1.807) is 6.92 Å². The lowest BCUT2D eigenvalue weighted by Gasteiger charge is -2.12. The molecule has 0 saturated heterocycles. The Labute approximate surface area is 158 Å². The molecule has 140 valence electrons. The molecular weight excluding hydrogens is 340 g/mol. The molecule has 0 aliphatic carbocycles. The van der Waals surface area contributed by atoms with Gasteiger partial charge in [-0.15, -0.1) is 0 Å². The Bertz CT molecular complexity index is 991. The lowest BCUT2D eigenvalue weighted by molar-refractivity contribution is -0.121. The lowest BCUT2D eigenvalue weighted by Crippen LogP contribution is -2.26. The number of nitrogens with one attached hydrogen (secondary N) is 2. The fraction of sp³-hybridized carbons (Fsp3) is 0.286. The molecular formula is C21H24N4O2. The summed E-state index contributed by atoms with van der Waals surface area (Å²) in [4.78, 5) is 28.9. The number of anilines is 1. The van der Waals surface area contributed by atoms with Gasteiger partial charge in [0.2, 0.25) is 11.8 Å². The van der Waals surface area contributed by atoms with Crippen LogP contribution in [0.2, 0.25) is 0 Å². The molecule has 2 amide bonds. The third kappa shape index (κ3) is 4.34. The number of para-hydroxylation sites is 2. The molecule has 0 aliphatic rings. The van der Waals surface area contributed by atoms with Gasteiger partial charge in [0.15, 0.2) is 0 Å². The van der Waals surface area contributed by atoms with E-state index in [0.717, 1.165) is 27.8 Å². The minimum Gasteiger partial charge on any atom is -0.349 e. The van der Waals surface area contributed by atoms with Crippen LogP contribution in [-0.2, 0) is 22.7 Å². The van der Waals surface area contributed by atoms with E-state index in [0.29, 0.717) is 12.2 Å². The van der Waals surface area contributed by atoms with E-state index in [2.05, 4.69) is 15.6 Å².